The minimum absolute atomic E-state index is 0.0743. The molecule has 0 fully saturated rings. The van der Waals surface area contributed by atoms with Crippen molar-refractivity contribution >= 4 is 17.4 Å². The van der Waals surface area contributed by atoms with Crippen LogP contribution in [0, 0.1) is 0 Å². The fourth-order valence-corrected chi connectivity index (χ4v) is 2.82. The molecule has 1 heterocycles. The Labute approximate surface area is 128 Å². The molecule has 0 unspecified atom stereocenters. The van der Waals surface area contributed by atoms with Crippen molar-refractivity contribution in [1.82, 2.24) is 5.32 Å². The van der Waals surface area contributed by atoms with E-state index in [4.69, 9.17) is 16.3 Å². The Kier molecular flexibility index (Phi) is 3.95. The van der Waals surface area contributed by atoms with Crippen LogP contribution in [0.4, 0.5) is 0 Å². The fraction of sp³-hybridized carbons (Fsp3) is 0.235. The van der Waals surface area contributed by atoms with Crippen LogP contribution in [0.5, 0.6) is 5.75 Å². The first-order valence-corrected chi connectivity index (χ1v) is 7.23. The molecule has 0 spiro atoms. The summed E-state index contributed by atoms with van der Waals surface area (Å²) >= 11 is 6.00. The van der Waals surface area contributed by atoms with E-state index in [0.717, 1.165) is 24.2 Å². The van der Waals surface area contributed by atoms with Crippen LogP contribution in [0.3, 0.4) is 0 Å². The van der Waals surface area contributed by atoms with Crippen LogP contribution in [-0.2, 0) is 19.5 Å². The van der Waals surface area contributed by atoms with Crippen LogP contribution in [0.15, 0.2) is 36.4 Å². The smallest absolute Gasteiger partial charge is 0.167 e. The number of fused-ring (bicyclic) bond motifs is 1. The fourth-order valence-electron chi connectivity index (χ4n) is 2.63. The number of Topliss-reactive ketones (excluding diaryl/α,β-unsaturated/α-hetero) is 1. The maximum atomic E-state index is 12.5. The van der Waals surface area contributed by atoms with Gasteiger partial charge in [0.1, 0.15) is 5.75 Å². The zero-order chi connectivity index (χ0) is 14.8. The number of methoxy groups -OCH3 is 1. The Morgan fingerprint density at radius 3 is 2.81 bits per heavy atom. The molecule has 0 atom stereocenters. The standard InChI is InChI=1S/C17H16ClNO2/c1-21-17-5-4-15(18)7-13(17)8-16(20)11-2-3-12-9-19-10-14(12)6-11/h2-7,19H,8-10H2,1H3. The van der Waals surface area contributed by atoms with Crippen molar-refractivity contribution in [1.29, 1.82) is 0 Å². The molecule has 4 heteroatoms. The number of halogens is 1. The Morgan fingerprint density at radius 1 is 1.19 bits per heavy atom. The van der Waals surface area contributed by atoms with Gasteiger partial charge in [0.2, 0.25) is 0 Å². The molecule has 1 N–H and O–H groups in total. The first kappa shape index (κ1) is 14.1. The van der Waals surface area contributed by atoms with Crippen molar-refractivity contribution in [2.24, 2.45) is 0 Å². The lowest BCUT2D eigenvalue weighted by atomic mass is 9.99. The van der Waals surface area contributed by atoms with Gasteiger partial charge in [-0.15, -0.1) is 0 Å². The molecule has 0 bridgehead atoms. The summed E-state index contributed by atoms with van der Waals surface area (Å²) in [4.78, 5) is 12.5. The van der Waals surface area contributed by atoms with Gasteiger partial charge < -0.3 is 10.1 Å². The summed E-state index contributed by atoms with van der Waals surface area (Å²) in [6.45, 7) is 1.71. The number of ketones is 1. The molecule has 21 heavy (non-hydrogen) atoms. The maximum absolute atomic E-state index is 12.5. The maximum Gasteiger partial charge on any atom is 0.167 e. The van der Waals surface area contributed by atoms with Gasteiger partial charge in [0, 0.05) is 35.7 Å². The SMILES string of the molecule is COc1ccc(Cl)cc1CC(=O)c1ccc2c(c1)CNC2. The molecular formula is C17H16ClNO2. The molecule has 3 nitrogen and oxygen atoms in total. The summed E-state index contributed by atoms with van der Waals surface area (Å²) in [7, 11) is 1.60. The van der Waals surface area contributed by atoms with Crippen LogP contribution in [0.2, 0.25) is 5.02 Å². The third-order valence-electron chi connectivity index (χ3n) is 3.75. The number of hydrogen-bond acceptors (Lipinski definition) is 3. The molecule has 0 radical (unpaired) electrons. The van der Waals surface area contributed by atoms with Crippen LogP contribution >= 0.6 is 11.6 Å². The second-order valence-electron chi connectivity index (χ2n) is 5.14. The molecule has 0 aromatic heterocycles. The van der Waals surface area contributed by atoms with E-state index < -0.39 is 0 Å². The Morgan fingerprint density at radius 2 is 2.00 bits per heavy atom. The summed E-state index contributed by atoms with van der Waals surface area (Å²) in [6, 6.07) is 11.2. The molecule has 0 saturated carbocycles. The summed E-state index contributed by atoms with van der Waals surface area (Å²) in [5, 5.41) is 3.89. The highest BCUT2D eigenvalue weighted by Crippen LogP contribution is 2.25. The van der Waals surface area contributed by atoms with Crippen molar-refractivity contribution in [3.05, 3.63) is 63.7 Å². The van der Waals surface area contributed by atoms with Gasteiger partial charge in [-0.3, -0.25) is 4.79 Å². The minimum Gasteiger partial charge on any atom is -0.496 e. The highest BCUT2D eigenvalue weighted by molar-refractivity contribution is 6.30. The summed E-state index contributed by atoms with van der Waals surface area (Å²) in [5.74, 6) is 0.765. The van der Waals surface area contributed by atoms with E-state index in [1.807, 2.05) is 18.2 Å². The zero-order valence-corrected chi connectivity index (χ0v) is 12.5. The van der Waals surface area contributed by atoms with Gasteiger partial charge >= 0.3 is 0 Å². The van der Waals surface area contributed by atoms with Crippen molar-refractivity contribution < 1.29 is 9.53 Å². The number of rotatable bonds is 4. The molecule has 1 aliphatic heterocycles. The molecular weight excluding hydrogens is 286 g/mol. The second-order valence-corrected chi connectivity index (χ2v) is 5.58. The molecule has 3 rings (SSSR count). The highest BCUT2D eigenvalue weighted by Gasteiger charge is 2.15. The Hall–Kier alpha value is -1.84. The molecule has 2 aromatic rings. The third-order valence-corrected chi connectivity index (χ3v) is 3.99. The number of carbonyl (C=O) groups excluding carboxylic acids is 1. The van der Waals surface area contributed by atoms with Gasteiger partial charge in [-0.1, -0.05) is 23.7 Å². The first-order valence-electron chi connectivity index (χ1n) is 6.85. The van der Waals surface area contributed by atoms with Gasteiger partial charge in [0.25, 0.3) is 0 Å². The van der Waals surface area contributed by atoms with Crippen molar-refractivity contribution in [2.45, 2.75) is 19.5 Å². The van der Waals surface area contributed by atoms with E-state index in [-0.39, 0.29) is 12.2 Å². The second kappa shape index (κ2) is 5.88. The van der Waals surface area contributed by atoms with Crippen LogP contribution in [0.1, 0.15) is 27.0 Å². The van der Waals surface area contributed by atoms with Gasteiger partial charge in [-0.05, 0) is 35.4 Å². The Bertz CT molecular complexity index is 697. The average molecular weight is 302 g/mol. The molecule has 0 amide bonds. The molecule has 108 valence electrons. The van der Waals surface area contributed by atoms with E-state index in [2.05, 4.69) is 5.32 Å². The number of ether oxygens (including phenoxy) is 1. The monoisotopic (exact) mass is 301 g/mol. The predicted molar refractivity (Wildman–Crippen MR) is 83.0 cm³/mol. The zero-order valence-electron chi connectivity index (χ0n) is 11.8. The van der Waals surface area contributed by atoms with Crippen LogP contribution in [0.25, 0.3) is 0 Å². The topological polar surface area (TPSA) is 38.3 Å². The average Bonchev–Trinajstić information content (AvgIpc) is 2.94. The summed E-state index contributed by atoms with van der Waals surface area (Å²) in [5.41, 5.74) is 4.03. The van der Waals surface area contributed by atoms with E-state index in [0.29, 0.717) is 10.8 Å². The third kappa shape index (κ3) is 2.94. The van der Waals surface area contributed by atoms with Crippen LogP contribution < -0.4 is 10.1 Å². The van der Waals surface area contributed by atoms with E-state index in [1.54, 1.807) is 25.3 Å². The van der Waals surface area contributed by atoms with Crippen molar-refractivity contribution in [3.63, 3.8) is 0 Å². The quantitative estimate of drug-likeness (QED) is 0.880. The number of hydrogen-bond donors (Lipinski definition) is 1. The highest BCUT2D eigenvalue weighted by atomic mass is 35.5. The Balaban J connectivity index is 1.85. The number of carbonyl (C=O) groups is 1. The van der Waals surface area contributed by atoms with Gasteiger partial charge in [0.05, 0.1) is 7.11 Å². The normalized spacial score (nSPS) is 13.0. The lowest BCUT2D eigenvalue weighted by Gasteiger charge is -2.09. The summed E-state index contributed by atoms with van der Waals surface area (Å²) < 4.78 is 5.29. The first-order chi connectivity index (χ1) is 10.2. The molecule has 0 saturated heterocycles. The lowest BCUT2D eigenvalue weighted by Crippen LogP contribution is -2.06. The van der Waals surface area contributed by atoms with Gasteiger partial charge in [0.15, 0.2) is 5.78 Å². The number of benzene rings is 2. The van der Waals surface area contributed by atoms with E-state index in [1.165, 1.54) is 11.1 Å². The van der Waals surface area contributed by atoms with E-state index in [9.17, 15) is 4.79 Å². The van der Waals surface area contributed by atoms with Gasteiger partial charge in [-0.25, -0.2) is 0 Å². The van der Waals surface area contributed by atoms with Crippen molar-refractivity contribution in [2.75, 3.05) is 7.11 Å². The summed E-state index contributed by atoms with van der Waals surface area (Å²) in [6.07, 6.45) is 0.288. The van der Waals surface area contributed by atoms with Gasteiger partial charge in [-0.2, -0.15) is 0 Å². The number of nitrogens with one attached hydrogen (secondary N) is 1. The lowest BCUT2D eigenvalue weighted by molar-refractivity contribution is 0.0992. The minimum atomic E-state index is 0.0743. The molecule has 2 aromatic carbocycles. The van der Waals surface area contributed by atoms with E-state index >= 15 is 0 Å². The predicted octanol–water partition coefficient (Wildman–Crippen LogP) is 3.38. The van der Waals surface area contributed by atoms with Crippen LogP contribution in [-0.4, -0.2) is 12.9 Å². The molecule has 1 aliphatic rings. The largest absolute Gasteiger partial charge is 0.496 e. The van der Waals surface area contributed by atoms with Crippen molar-refractivity contribution in [3.8, 4) is 5.75 Å². The molecule has 0 aliphatic carbocycles.